The predicted octanol–water partition coefficient (Wildman–Crippen LogP) is 7.15. The smallest absolute Gasteiger partial charge is 0.321 e. The van der Waals surface area contributed by atoms with E-state index in [-0.39, 0.29) is 23.6 Å². The maximum atomic E-state index is 14.3. The van der Waals surface area contributed by atoms with Crippen LogP contribution in [0.25, 0.3) is 0 Å². The van der Waals surface area contributed by atoms with Gasteiger partial charge in [0.25, 0.3) is 0 Å². The number of carboxylic acid groups (broad SMARTS) is 1. The first-order valence-electron chi connectivity index (χ1n) is 16.8. The van der Waals surface area contributed by atoms with Crippen molar-refractivity contribution in [3.8, 4) is 0 Å². The third-order valence-corrected chi connectivity index (χ3v) is 10.3. The number of aliphatic carboxylic acids is 1. The van der Waals surface area contributed by atoms with Crippen LogP contribution in [0.4, 0.5) is 4.39 Å². The second-order valence-corrected chi connectivity index (χ2v) is 13.6. The molecule has 1 aromatic heterocycles. The third-order valence-electron chi connectivity index (χ3n) is 10.3. The lowest BCUT2D eigenvalue weighted by Crippen LogP contribution is -2.45. The first kappa shape index (κ1) is 32.4. The lowest BCUT2D eigenvalue weighted by Gasteiger charge is -2.35. The Morgan fingerprint density at radius 3 is 2.36 bits per heavy atom. The number of halogens is 1. The lowest BCUT2D eigenvalue weighted by molar-refractivity contribution is -0.145. The van der Waals surface area contributed by atoms with E-state index in [1.54, 1.807) is 12.1 Å². The Morgan fingerprint density at radius 1 is 1.02 bits per heavy atom. The van der Waals surface area contributed by atoms with Crippen LogP contribution in [0.5, 0.6) is 0 Å². The van der Waals surface area contributed by atoms with Crippen LogP contribution in [-0.2, 0) is 17.8 Å². The molecule has 2 aliphatic rings. The maximum Gasteiger partial charge on any atom is 0.321 e. The topological polar surface area (TPSA) is 61.6 Å². The number of rotatable bonds is 12. The first-order chi connectivity index (χ1) is 21.2. The molecule has 44 heavy (non-hydrogen) atoms. The van der Waals surface area contributed by atoms with Crippen molar-refractivity contribution in [3.63, 3.8) is 0 Å². The van der Waals surface area contributed by atoms with Crippen molar-refractivity contribution < 1.29 is 14.3 Å². The van der Waals surface area contributed by atoms with Gasteiger partial charge >= 0.3 is 5.97 Å². The maximum absolute atomic E-state index is 14.3. The van der Waals surface area contributed by atoms with Crippen LogP contribution in [-0.4, -0.2) is 69.4 Å². The van der Waals surface area contributed by atoms with E-state index in [1.807, 2.05) is 13.0 Å². The van der Waals surface area contributed by atoms with Crippen LogP contribution >= 0.6 is 0 Å². The van der Waals surface area contributed by atoms with E-state index in [0.717, 1.165) is 69.7 Å². The molecular weight excluding hydrogens is 551 g/mol. The van der Waals surface area contributed by atoms with Crippen molar-refractivity contribution in [3.05, 3.63) is 88.5 Å². The van der Waals surface area contributed by atoms with E-state index in [9.17, 15) is 14.3 Å². The van der Waals surface area contributed by atoms with Gasteiger partial charge in [0, 0.05) is 50.1 Å². The van der Waals surface area contributed by atoms with Gasteiger partial charge in [-0.15, -0.1) is 0 Å². The molecule has 0 unspecified atom stereocenters. The van der Waals surface area contributed by atoms with Crippen molar-refractivity contribution in [1.29, 1.82) is 0 Å². The average molecular weight is 603 g/mol. The van der Waals surface area contributed by atoms with Gasteiger partial charge in [0.05, 0.1) is 5.69 Å². The number of hydrogen-bond donors (Lipinski definition) is 1. The molecule has 3 aromatic rings. The van der Waals surface area contributed by atoms with Crippen LogP contribution < -0.4 is 0 Å². The Hall–Kier alpha value is -3.03. The largest absolute Gasteiger partial charge is 0.480 e. The second-order valence-electron chi connectivity index (χ2n) is 13.6. The fourth-order valence-corrected chi connectivity index (χ4v) is 7.54. The van der Waals surface area contributed by atoms with E-state index in [0.29, 0.717) is 18.4 Å². The van der Waals surface area contributed by atoms with Crippen molar-refractivity contribution >= 4 is 5.97 Å². The van der Waals surface area contributed by atoms with Crippen LogP contribution in [0.1, 0.15) is 99.7 Å². The summed E-state index contributed by atoms with van der Waals surface area (Å²) >= 11 is 0. The quantitative estimate of drug-likeness (QED) is 0.239. The van der Waals surface area contributed by atoms with E-state index in [4.69, 9.17) is 5.10 Å². The molecule has 5 rings (SSSR count). The molecule has 2 aromatic carbocycles. The highest BCUT2D eigenvalue weighted by Crippen LogP contribution is 2.38. The highest BCUT2D eigenvalue weighted by Gasteiger charge is 2.42. The fraction of sp³-hybridized carbons (Fsp3) is 0.568. The zero-order chi connectivity index (χ0) is 31.4. The molecule has 1 N–H and O–H groups in total. The summed E-state index contributed by atoms with van der Waals surface area (Å²) in [6.07, 6.45) is 3.83. The highest BCUT2D eigenvalue weighted by atomic mass is 19.1. The molecule has 7 heteroatoms. The van der Waals surface area contributed by atoms with Gasteiger partial charge in [0.2, 0.25) is 0 Å². The Labute approximate surface area is 263 Å². The Morgan fingerprint density at radius 2 is 1.75 bits per heavy atom. The molecule has 2 fully saturated rings. The van der Waals surface area contributed by atoms with Crippen LogP contribution in [0.3, 0.4) is 0 Å². The van der Waals surface area contributed by atoms with Gasteiger partial charge in [-0.1, -0.05) is 70.5 Å². The second kappa shape index (κ2) is 14.4. The molecule has 0 saturated carbocycles. The molecular formula is C37H51FN4O2. The normalized spacial score (nSPS) is 21.6. The average Bonchev–Trinajstić information content (AvgIpc) is 3.61. The number of hydrogen-bond acceptors (Lipinski definition) is 4. The minimum absolute atomic E-state index is 0.0582. The number of likely N-dealkylation sites (tertiary alicyclic amines) is 2. The van der Waals surface area contributed by atoms with Gasteiger partial charge < -0.3 is 10.0 Å². The SMILES string of the molecule is CC[C@H](C)[C@H](C(=O)O)N1C[C@H](CN2CCC(c3cc(Cc4ccc(C(C)C)cc4)nn3CC)CC2)[C@@H](c2cccc(F)c2)C1. The summed E-state index contributed by atoms with van der Waals surface area (Å²) in [7, 11) is 0. The highest BCUT2D eigenvalue weighted by molar-refractivity contribution is 5.74. The summed E-state index contributed by atoms with van der Waals surface area (Å²) in [4.78, 5) is 17.0. The summed E-state index contributed by atoms with van der Waals surface area (Å²) in [6.45, 7) is 15.9. The summed E-state index contributed by atoms with van der Waals surface area (Å²) < 4.78 is 16.5. The van der Waals surface area contributed by atoms with E-state index in [2.05, 4.69) is 72.5 Å². The van der Waals surface area contributed by atoms with Gasteiger partial charge in [-0.3, -0.25) is 14.4 Å². The van der Waals surface area contributed by atoms with Crippen LogP contribution in [0.2, 0.25) is 0 Å². The third kappa shape index (κ3) is 7.43. The van der Waals surface area contributed by atoms with E-state index < -0.39 is 12.0 Å². The number of carbonyl (C=O) groups is 1. The molecule has 6 nitrogen and oxygen atoms in total. The van der Waals surface area contributed by atoms with Crippen molar-refractivity contribution in [2.24, 2.45) is 11.8 Å². The molecule has 2 saturated heterocycles. The van der Waals surface area contributed by atoms with Crippen molar-refractivity contribution in [2.75, 3.05) is 32.7 Å². The zero-order valence-electron chi connectivity index (χ0n) is 27.3. The van der Waals surface area contributed by atoms with Crippen LogP contribution in [0.15, 0.2) is 54.6 Å². The predicted molar refractivity (Wildman–Crippen MR) is 175 cm³/mol. The van der Waals surface area contributed by atoms with Crippen LogP contribution in [0, 0.1) is 17.7 Å². The van der Waals surface area contributed by atoms with E-state index >= 15 is 0 Å². The minimum Gasteiger partial charge on any atom is -0.480 e. The summed E-state index contributed by atoms with van der Waals surface area (Å²) in [5.74, 6) is 0.476. The number of piperidine rings is 1. The van der Waals surface area contributed by atoms with Gasteiger partial charge in [-0.25, -0.2) is 4.39 Å². The summed E-state index contributed by atoms with van der Waals surface area (Å²) in [6, 6.07) is 17.7. The molecule has 3 heterocycles. The summed E-state index contributed by atoms with van der Waals surface area (Å²) in [5, 5.41) is 15.1. The van der Waals surface area contributed by atoms with Gasteiger partial charge in [0.15, 0.2) is 0 Å². The lowest BCUT2D eigenvalue weighted by atomic mass is 9.87. The monoisotopic (exact) mass is 602 g/mol. The minimum atomic E-state index is -0.752. The van der Waals surface area contributed by atoms with E-state index in [1.165, 1.54) is 22.9 Å². The molecule has 0 amide bonds. The zero-order valence-corrected chi connectivity index (χ0v) is 27.3. The molecule has 0 aliphatic carbocycles. The number of carboxylic acids is 1. The first-order valence-corrected chi connectivity index (χ1v) is 16.8. The fourth-order valence-electron chi connectivity index (χ4n) is 7.54. The van der Waals surface area contributed by atoms with Crippen molar-refractivity contribution in [2.45, 2.75) is 90.6 Å². The summed E-state index contributed by atoms with van der Waals surface area (Å²) in [5.41, 5.74) is 6.14. The van der Waals surface area contributed by atoms with Crippen molar-refractivity contribution in [1.82, 2.24) is 19.6 Å². The molecule has 0 bridgehead atoms. The number of aryl methyl sites for hydroxylation is 1. The molecule has 4 atom stereocenters. The Balaban J connectivity index is 1.25. The van der Waals surface area contributed by atoms with Gasteiger partial charge in [0.1, 0.15) is 11.9 Å². The Bertz CT molecular complexity index is 1380. The Kier molecular flexibility index (Phi) is 10.6. The molecule has 0 radical (unpaired) electrons. The standard InChI is InChI=1S/C37H51FN4O2/c1-6-26(5)36(37(43)44)41-23-31(34(24-41)30-9-8-10-32(38)20-30)22-40-17-15-29(16-18-40)35-21-33(39-42(35)7-2)19-27-11-13-28(14-12-27)25(3)4/h8-14,20-21,25-26,29,31,34,36H,6-7,15-19,22-24H2,1-5H3,(H,43,44)/t26-,31-,34+,36+/m0/s1. The number of nitrogens with zero attached hydrogens (tertiary/aromatic N) is 4. The molecule has 2 aliphatic heterocycles. The molecule has 238 valence electrons. The van der Waals surface area contributed by atoms with Gasteiger partial charge in [-0.2, -0.15) is 5.10 Å². The molecule has 0 spiro atoms. The number of benzene rings is 2. The number of aromatic nitrogens is 2. The van der Waals surface area contributed by atoms with Gasteiger partial charge in [-0.05, 0) is 85.5 Å².